The Morgan fingerprint density at radius 3 is 2.60 bits per heavy atom. The molecule has 2 heterocycles. The van der Waals surface area contributed by atoms with E-state index < -0.39 is 5.97 Å². The quantitative estimate of drug-likeness (QED) is 0.671. The van der Waals surface area contributed by atoms with Crippen LogP contribution in [-0.4, -0.2) is 26.2 Å². The molecule has 0 radical (unpaired) electrons. The fraction of sp³-hybridized carbons (Fsp3) is 0. The Kier molecular flexibility index (Phi) is 2.72. The van der Waals surface area contributed by atoms with Gasteiger partial charge in [-0.15, -0.1) is 0 Å². The van der Waals surface area contributed by atoms with E-state index in [4.69, 9.17) is 9.63 Å². The molecule has 100 valence electrons. The van der Waals surface area contributed by atoms with Gasteiger partial charge in [-0.1, -0.05) is 29.4 Å². The molecule has 0 saturated heterocycles. The Morgan fingerprint density at radius 2 is 2.00 bits per heavy atom. The number of aromatic nitrogens is 3. The minimum atomic E-state index is -1.16. The van der Waals surface area contributed by atoms with E-state index in [0.29, 0.717) is 22.6 Å². The van der Waals surface area contributed by atoms with E-state index in [1.165, 1.54) is 12.3 Å². The number of benzene rings is 1. The number of rotatable bonds is 3. The molecule has 0 spiro atoms. The molecule has 1 aromatic carbocycles. The second-order valence-electron chi connectivity index (χ2n) is 4.08. The average Bonchev–Trinajstić information content (AvgIpc) is 3.07. The van der Waals surface area contributed by atoms with Gasteiger partial charge in [-0.2, -0.15) is 0 Å². The van der Waals surface area contributed by atoms with Gasteiger partial charge in [0, 0.05) is 23.4 Å². The van der Waals surface area contributed by atoms with E-state index in [9.17, 15) is 9.59 Å². The highest BCUT2D eigenvalue weighted by atomic mass is 16.5. The Bertz CT molecular complexity index is 828. The van der Waals surface area contributed by atoms with Crippen LogP contribution in [0.1, 0.15) is 10.5 Å². The van der Waals surface area contributed by atoms with Crippen molar-refractivity contribution in [2.24, 2.45) is 0 Å². The van der Waals surface area contributed by atoms with Crippen LogP contribution in [0.15, 0.2) is 45.8 Å². The summed E-state index contributed by atoms with van der Waals surface area (Å²) in [5.41, 5.74) is 1.44. The zero-order valence-electron chi connectivity index (χ0n) is 10.1. The molecule has 0 aliphatic rings. The van der Waals surface area contributed by atoms with Gasteiger partial charge in [0.1, 0.15) is 0 Å². The maximum absolute atomic E-state index is 11.2. The van der Waals surface area contributed by atoms with E-state index in [1.807, 2.05) is 0 Å². The summed E-state index contributed by atoms with van der Waals surface area (Å²) in [5.74, 6) is -0.840. The molecule has 3 N–H and O–H groups in total. The summed E-state index contributed by atoms with van der Waals surface area (Å²) in [4.78, 5) is 27.2. The van der Waals surface area contributed by atoms with Crippen molar-refractivity contribution < 1.29 is 14.4 Å². The van der Waals surface area contributed by atoms with Crippen LogP contribution in [0, 0.1) is 0 Å². The van der Waals surface area contributed by atoms with Crippen LogP contribution in [0.3, 0.4) is 0 Å². The standard InChI is InChI=1S/C13H9N3O4/c17-12(18)9-5-11(20-16-9)8-4-2-1-3-7(8)10-6-14-13(19)15-10/h1-6H,(H,17,18)(H2,14,15,19). The Morgan fingerprint density at radius 1 is 1.25 bits per heavy atom. The zero-order chi connectivity index (χ0) is 14.1. The number of carboxylic acids is 1. The summed E-state index contributed by atoms with van der Waals surface area (Å²) in [5, 5.41) is 12.3. The lowest BCUT2D eigenvalue weighted by atomic mass is 10.0. The van der Waals surface area contributed by atoms with E-state index >= 15 is 0 Å². The Labute approximate surface area is 111 Å². The zero-order valence-corrected chi connectivity index (χ0v) is 10.1. The summed E-state index contributed by atoms with van der Waals surface area (Å²) in [7, 11) is 0. The first-order chi connectivity index (χ1) is 9.65. The van der Waals surface area contributed by atoms with Crippen LogP contribution >= 0.6 is 0 Å². The fourth-order valence-corrected chi connectivity index (χ4v) is 1.91. The maximum atomic E-state index is 11.2. The minimum absolute atomic E-state index is 0.169. The van der Waals surface area contributed by atoms with Crippen LogP contribution in [-0.2, 0) is 0 Å². The van der Waals surface area contributed by atoms with Gasteiger partial charge < -0.3 is 19.6 Å². The predicted octanol–water partition coefficient (Wildman–Crippen LogP) is 1.72. The smallest absolute Gasteiger partial charge is 0.358 e. The molecule has 0 fully saturated rings. The molecule has 3 rings (SSSR count). The Balaban J connectivity index is 2.14. The van der Waals surface area contributed by atoms with Crippen LogP contribution in [0.25, 0.3) is 22.6 Å². The first-order valence-electron chi connectivity index (χ1n) is 5.72. The van der Waals surface area contributed by atoms with Crippen molar-refractivity contribution in [3.8, 4) is 22.6 Å². The van der Waals surface area contributed by atoms with Crippen molar-refractivity contribution in [2.45, 2.75) is 0 Å². The number of nitrogens with zero attached hydrogens (tertiary/aromatic N) is 1. The number of H-pyrrole nitrogens is 2. The van der Waals surface area contributed by atoms with Gasteiger partial charge in [0.05, 0.1) is 5.69 Å². The number of aromatic carboxylic acids is 1. The molecule has 0 unspecified atom stereocenters. The summed E-state index contributed by atoms with van der Waals surface area (Å²) >= 11 is 0. The summed E-state index contributed by atoms with van der Waals surface area (Å²) in [6.07, 6.45) is 1.54. The third-order valence-electron chi connectivity index (χ3n) is 2.81. The normalized spacial score (nSPS) is 10.6. The fourth-order valence-electron chi connectivity index (χ4n) is 1.91. The van der Waals surface area contributed by atoms with Gasteiger partial charge >= 0.3 is 11.7 Å². The van der Waals surface area contributed by atoms with Crippen molar-refractivity contribution in [2.75, 3.05) is 0 Å². The van der Waals surface area contributed by atoms with Crippen LogP contribution < -0.4 is 5.69 Å². The molecule has 2 aromatic heterocycles. The molecule has 0 atom stereocenters. The molecule has 0 saturated carbocycles. The third kappa shape index (κ3) is 2.01. The number of imidazole rings is 1. The maximum Gasteiger partial charge on any atom is 0.358 e. The highest BCUT2D eigenvalue weighted by molar-refractivity contribution is 5.88. The summed E-state index contributed by atoms with van der Waals surface area (Å²) < 4.78 is 5.05. The van der Waals surface area contributed by atoms with Gasteiger partial charge in [0.15, 0.2) is 11.5 Å². The van der Waals surface area contributed by atoms with Crippen molar-refractivity contribution >= 4 is 5.97 Å². The highest BCUT2D eigenvalue weighted by Crippen LogP contribution is 2.30. The van der Waals surface area contributed by atoms with Crippen molar-refractivity contribution in [3.63, 3.8) is 0 Å². The molecule has 0 amide bonds. The number of hydrogen-bond acceptors (Lipinski definition) is 4. The largest absolute Gasteiger partial charge is 0.476 e. The van der Waals surface area contributed by atoms with Gasteiger partial charge in [-0.05, 0) is 0 Å². The average molecular weight is 271 g/mol. The number of carboxylic acid groups (broad SMARTS) is 1. The first kappa shape index (κ1) is 12.0. The van der Waals surface area contributed by atoms with Gasteiger partial charge in [-0.3, -0.25) is 0 Å². The molecular weight excluding hydrogens is 262 g/mol. The molecule has 0 aliphatic heterocycles. The van der Waals surface area contributed by atoms with E-state index in [1.54, 1.807) is 24.3 Å². The van der Waals surface area contributed by atoms with Crippen molar-refractivity contribution in [1.29, 1.82) is 0 Å². The SMILES string of the molecule is O=C(O)c1cc(-c2ccccc2-c2c[nH]c(=O)[nH]2)on1. The molecule has 0 bridgehead atoms. The molecule has 20 heavy (non-hydrogen) atoms. The van der Waals surface area contributed by atoms with Crippen molar-refractivity contribution in [3.05, 3.63) is 52.7 Å². The summed E-state index contributed by atoms with van der Waals surface area (Å²) in [6, 6.07) is 8.47. The number of hydrogen-bond donors (Lipinski definition) is 3. The Hall–Kier alpha value is -3.09. The van der Waals surface area contributed by atoms with Crippen LogP contribution in [0.4, 0.5) is 0 Å². The molecule has 0 aliphatic carbocycles. The molecule has 7 nitrogen and oxygen atoms in total. The number of nitrogens with one attached hydrogen (secondary N) is 2. The van der Waals surface area contributed by atoms with Crippen LogP contribution in [0.5, 0.6) is 0 Å². The van der Waals surface area contributed by atoms with E-state index in [2.05, 4.69) is 15.1 Å². The minimum Gasteiger partial charge on any atom is -0.476 e. The number of carbonyl (C=O) groups is 1. The topological polar surface area (TPSA) is 112 Å². The lowest BCUT2D eigenvalue weighted by Crippen LogP contribution is -2.00. The van der Waals surface area contributed by atoms with E-state index in [0.717, 1.165) is 0 Å². The monoisotopic (exact) mass is 271 g/mol. The van der Waals surface area contributed by atoms with Gasteiger partial charge in [-0.25, -0.2) is 9.59 Å². The second-order valence-corrected chi connectivity index (χ2v) is 4.08. The van der Waals surface area contributed by atoms with Gasteiger partial charge in [0.2, 0.25) is 0 Å². The van der Waals surface area contributed by atoms with Crippen molar-refractivity contribution in [1.82, 2.24) is 15.1 Å². The summed E-state index contributed by atoms with van der Waals surface area (Å²) in [6.45, 7) is 0. The van der Waals surface area contributed by atoms with Crippen LogP contribution in [0.2, 0.25) is 0 Å². The lowest BCUT2D eigenvalue weighted by molar-refractivity contribution is 0.0686. The lowest BCUT2D eigenvalue weighted by Gasteiger charge is -2.03. The van der Waals surface area contributed by atoms with E-state index in [-0.39, 0.29) is 11.4 Å². The highest BCUT2D eigenvalue weighted by Gasteiger charge is 2.16. The second kappa shape index (κ2) is 4.54. The molecule has 3 aromatic rings. The first-order valence-corrected chi connectivity index (χ1v) is 5.72. The number of aromatic amines is 2. The molecular formula is C13H9N3O4. The van der Waals surface area contributed by atoms with Gasteiger partial charge in [0.25, 0.3) is 0 Å². The molecule has 7 heteroatoms. The third-order valence-corrected chi connectivity index (χ3v) is 2.81. The predicted molar refractivity (Wildman–Crippen MR) is 69.3 cm³/mol.